The van der Waals surface area contributed by atoms with Gasteiger partial charge in [0.05, 0.1) is 18.5 Å². The number of nitrogens with one attached hydrogen (secondary N) is 2. The number of rotatable bonds is 4. The number of nitrogens with zero attached hydrogens (tertiary/aromatic N) is 1. The van der Waals surface area contributed by atoms with E-state index in [4.69, 9.17) is 4.74 Å². The molecule has 0 spiro atoms. The van der Waals surface area contributed by atoms with Gasteiger partial charge in [0.1, 0.15) is 11.8 Å². The summed E-state index contributed by atoms with van der Waals surface area (Å²) in [5.74, 6) is 0.649. The second kappa shape index (κ2) is 7.80. The number of anilines is 2. The van der Waals surface area contributed by atoms with E-state index < -0.39 is 0 Å². The van der Waals surface area contributed by atoms with Gasteiger partial charge < -0.3 is 20.3 Å². The normalized spacial score (nSPS) is 19.3. The summed E-state index contributed by atoms with van der Waals surface area (Å²) in [5.41, 5.74) is 4.47. The van der Waals surface area contributed by atoms with Gasteiger partial charge >= 0.3 is 0 Å². The first kappa shape index (κ1) is 19.2. The molecule has 1 saturated heterocycles. The summed E-state index contributed by atoms with van der Waals surface area (Å²) in [6.07, 6.45) is 0.591. The van der Waals surface area contributed by atoms with E-state index in [0.717, 1.165) is 28.3 Å². The predicted octanol–water partition coefficient (Wildman–Crippen LogP) is 3.69. The first-order chi connectivity index (χ1) is 15.1. The number of amides is 2. The number of carbonyl (C=O) groups is 2. The third-order valence-electron chi connectivity index (χ3n) is 5.96. The highest BCUT2D eigenvalue weighted by molar-refractivity contribution is 6.04. The van der Waals surface area contributed by atoms with E-state index in [9.17, 15) is 9.59 Å². The number of fused-ring (bicyclic) bond motifs is 3. The highest BCUT2D eigenvalue weighted by Gasteiger charge is 2.41. The van der Waals surface area contributed by atoms with Crippen molar-refractivity contribution < 1.29 is 14.3 Å². The van der Waals surface area contributed by atoms with Gasteiger partial charge in [-0.1, -0.05) is 36.4 Å². The van der Waals surface area contributed by atoms with Crippen LogP contribution in [0.2, 0.25) is 0 Å². The van der Waals surface area contributed by atoms with Crippen LogP contribution in [0.25, 0.3) is 11.1 Å². The Morgan fingerprint density at radius 3 is 2.65 bits per heavy atom. The second-order valence-electron chi connectivity index (χ2n) is 7.89. The van der Waals surface area contributed by atoms with Gasteiger partial charge in [-0.25, -0.2) is 0 Å². The van der Waals surface area contributed by atoms with Crippen LogP contribution < -0.4 is 20.3 Å². The summed E-state index contributed by atoms with van der Waals surface area (Å²) in [6, 6.07) is 22.8. The van der Waals surface area contributed by atoms with Gasteiger partial charge in [0, 0.05) is 18.2 Å². The van der Waals surface area contributed by atoms with E-state index in [0.29, 0.717) is 18.5 Å². The molecule has 2 aliphatic heterocycles. The maximum Gasteiger partial charge on any atom is 0.251 e. The van der Waals surface area contributed by atoms with Crippen LogP contribution >= 0.6 is 0 Å². The molecule has 5 rings (SSSR count). The van der Waals surface area contributed by atoms with Crippen LogP contribution in [0.5, 0.6) is 5.75 Å². The lowest BCUT2D eigenvalue weighted by Gasteiger charge is -2.32. The van der Waals surface area contributed by atoms with Gasteiger partial charge in [-0.05, 0) is 53.9 Å². The zero-order valence-electron chi connectivity index (χ0n) is 17.2. The van der Waals surface area contributed by atoms with Gasteiger partial charge in [-0.2, -0.15) is 0 Å². The molecule has 0 aromatic heterocycles. The Morgan fingerprint density at radius 2 is 1.84 bits per heavy atom. The first-order valence-electron chi connectivity index (χ1n) is 10.3. The van der Waals surface area contributed by atoms with E-state index in [-0.39, 0.29) is 23.9 Å². The Bertz CT molecular complexity index is 1140. The quantitative estimate of drug-likeness (QED) is 0.684. The average Bonchev–Trinajstić information content (AvgIpc) is 3.24. The van der Waals surface area contributed by atoms with Crippen molar-refractivity contribution >= 4 is 23.2 Å². The van der Waals surface area contributed by atoms with Crippen LogP contribution in [-0.2, 0) is 4.79 Å². The van der Waals surface area contributed by atoms with E-state index in [1.807, 2.05) is 72.8 Å². The number of benzene rings is 3. The number of hydrogen-bond donors (Lipinski definition) is 2. The lowest BCUT2D eigenvalue weighted by atomic mass is 10.0. The summed E-state index contributed by atoms with van der Waals surface area (Å²) >= 11 is 0. The molecule has 0 saturated carbocycles. The molecule has 2 heterocycles. The highest BCUT2D eigenvalue weighted by Crippen LogP contribution is 2.36. The zero-order valence-corrected chi connectivity index (χ0v) is 17.2. The molecule has 2 amide bonds. The Balaban J connectivity index is 1.28. The van der Waals surface area contributed by atoms with Crippen molar-refractivity contribution in [3.63, 3.8) is 0 Å². The smallest absolute Gasteiger partial charge is 0.251 e. The van der Waals surface area contributed by atoms with Crippen molar-refractivity contribution in [2.24, 2.45) is 0 Å². The average molecular weight is 413 g/mol. The molecule has 2 atom stereocenters. The topological polar surface area (TPSA) is 70.7 Å². The molecule has 1 fully saturated rings. The summed E-state index contributed by atoms with van der Waals surface area (Å²) in [6.45, 7) is 0.614. The van der Waals surface area contributed by atoms with E-state index in [2.05, 4.69) is 15.5 Å². The van der Waals surface area contributed by atoms with Gasteiger partial charge in [-0.15, -0.1) is 0 Å². The molecule has 2 N–H and O–H groups in total. The maximum absolute atomic E-state index is 12.8. The minimum absolute atomic E-state index is 0.0157. The molecule has 3 aromatic carbocycles. The van der Waals surface area contributed by atoms with Crippen molar-refractivity contribution in [3.05, 3.63) is 78.4 Å². The molecular weight excluding hydrogens is 390 g/mol. The molecule has 0 aliphatic carbocycles. The molecule has 2 unspecified atom stereocenters. The van der Waals surface area contributed by atoms with Crippen molar-refractivity contribution in [2.45, 2.75) is 18.5 Å². The fraction of sp³-hybridized carbons (Fsp3) is 0.200. The molecule has 2 aliphatic rings. The number of methoxy groups -OCH3 is 1. The molecule has 156 valence electrons. The highest BCUT2D eigenvalue weighted by atomic mass is 16.5. The van der Waals surface area contributed by atoms with Gasteiger partial charge in [0.25, 0.3) is 5.91 Å². The van der Waals surface area contributed by atoms with E-state index in [1.165, 1.54) is 0 Å². The second-order valence-corrected chi connectivity index (χ2v) is 7.89. The number of carbonyl (C=O) groups excluding carboxylic acids is 2. The van der Waals surface area contributed by atoms with Crippen LogP contribution in [0.1, 0.15) is 16.8 Å². The standard InChI is InChI=1S/C25H23N3O3/c1-31-20-6-4-5-18(13-20)16-9-11-17(12-10-16)24(29)26-19-14-23-25(30)27-21-7-2-3-8-22(21)28(23)15-19/h2-13,19,23H,14-15H2,1H3,(H,26,29)(H,27,30). The fourth-order valence-corrected chi connectivity index (χ4v) is 4.39. The van der Waals surface area contributed by atoms with Gasteiger partial charge in [0.15, 0.2) is 0 Å². The fourth-order valence-electron chi connectivity index (χ4n) is 4.39. The third kappa shape index (κ3) is 3.61. The van der Waals surface area contributed by atoms with Crippen LogP contribution in [0.15, 0.2) is 72.8 Å². The molecule has 6 heteroatoms. The Kier molecular flexibility index (Phi) is 4.82. The van der Waals surface area contributed by atoms with E-state index >= 15 is 0 Å². The van der Waals surface area contributed by atoms with Gasteiger partial charge in [0.2, 0.25) is 5.91 Å². The summed E-state index contributed by atoms with van der Waals surface area (Å²) in [7, 11) is 1.64. The molecule has 0 radical (unpaired) electrons. The number of ether oxygens (including phenoxy) is 1. The van der Waals surface area contributed by atoms with Crippen molar-refractivity contribution in [1.82, 2.24) is 5.32 Å². The monoisotopic (exact) mass is 413 g/mol. The summed E-state index contributed by atoms with van der Waals surface area (Å²) < 4.78 is 5.29. The molecule has 6 nitrogen and oxygen atoms in total. The molecule has 3 aromatic rings. The number of hydrogen-bond acceptors (Lipinski definition) is 4. The van der Waals surface area contributed by atoms with Crippen molar-refractivity contribution in [3.8, 4) is 16.9 Å². The van der Waals surface area contributed by atoms with Crippen LogP contribution in [-0.4, -0.2) is 37.6 Å². The van der Waals surface area contributed by atoms with Crippen LogP contribution in [0.3, 0.4) is 0 Å². The van der Waals surface area contributed by atoms with Crippen LogP contribution in [0, 0.1) is 0 Å². The predicted molar refractivity (Wildman–Crippen MR) is 121 cm³/mol. The minimum Gasteiger partial charge on any atom is -0.497 e. The molecular formula is C25H23N3O3. The largest absolute Gasteiger partial charge is 0.497 e. The maximum atomic E-state index is 12.8. The first-order valence-corrected chi connectivity index (χ1v) is 10.3. The van der Waals surface area contributed by atoms with E-state index in [1.54, 1.807) is 7.11 Å². The molecule has 31 heavy (non-hydrogen) atoms. The SMILES string of the molecule is COc1cccc(-c2ccc(C(=O)NC3CC4C(=O)Nc5ccccc5N4C3)cc2)c1. The Hall–Kier alpha value is -3.80. The van der Waals surface area contributed by atoms with Crippen molar-refractivity contribution in [1.29, 1.82) is 0 Å². The summed E-state index contributed by atoms with van der Waals surface area (Å²) in [4.78, 5) is 27.4. The Morgan fingerprint density at radius 1 is 1.03 bits per heavy atom. The number of para-hydroxylation sites is 2. The lowest BCUT2D eigenvalue weighted by Crippen LogP contribution is -2.44. The molecule has 0 bridgehead atoms. The summed E-state index contributed by atoms with van der Waals surface area (Å²) in [5, 5.41) is 6.06. The zero-order chi connectivity index (χ0) is 21.4. The lowest BCUT2D eigenvalue weighted by molar-refractivity contribution is -0.117. The van der Waals surface area contributed by atoms with Gasteiger partial charge in [-0.3, -0.25) is 9.59 Å². The Labute approximate surface area is 180 Å². The minimum atomic E-state index is -0.254. The van der Waals surface area contributed by atoms with Crippen LogP contribution in [0.4, 0.5) is 11.4 Å². The third-order valence-corrected chi connectivity index (χ3v) is 5.96. The van der Waals surface area contributed by atoms with Crippen molar-refractivity contribution in [2.75, 3.05) is 23.9 Å².